The molecular formula is C20H17ClF2N6O2. The SMILES string of the molecule is COc1cc(O[C@@H](C)c2ncn(C)n2)c2c(N)ncnc2c1-c1ccc(F)c(Cl)c1F. The number of nitrogens with two attached hydrogens (primary N) is 1. The Morgan fingerprint density at radius 2 is 1.94 bits per heavy atom. The van der Waals surface area contributed by atoms with Crippen LogP contribution in [0.5, 0.6) is 11.5 Å². The first-order valence-corrected chi connectivity index (χ1v) is 9.46. The number of aromatic nitrogens is 5. The van der Waals surface area contributed by atoms with Crippen LogP contribution >= 0.6 is 11.6 Å². The molecule has 2 aromatic heterocycles. The molecule has 0 saturated heterocycles. The maximum Gasteiger partial charge on any atom is 0.191 e. The molecule has 0 radical (unpaired) electrons. The van der Waals surface area contributed by atoms with E-state index in [-0.39, 0.29) is 28.2 Å². The summed E-state index contributed by atoms with van der Waals surface area (Å²) < 4.78 is 41.7. The lowest BCUT2D eigenvalue weighted by molar-refractivity contribution is 0.218. The fraction of sp³-hybridized carbons (Fsp3) is 0.200. The van der Waals surface area contributed by atoms with Crippen molar-refractivity contribution in [2.45, 2.75) is 13.0 Å². The number of fused-ring (bicyclic) bond motifs is 1. The van der Waals surface area contributed by atoms with Gasteiger partial charge >= 0.3 is 0 Å². The minimum atomic E-state index is -0.946. The smallest absolute Gasteiger partial charge is 0.191 e. The van der Waals surface area contributed by atoms with Crippen molar-refractivity contribution in [2.75, 3.05) is 12.8 Å². The standard InChI is InChI=1S/C20H17ClF2N6O2/c1-9(20-27-8-29(2)28-20)31-13-6-12(30-3)14(18-15(13)19(24)26-7-25-18)10-4-5-11(22)16(21)17(10)23/h4-9H,1-3H3,(H2,24,25,26)/t9-/m0/s1. The largest absolute Gasteiger partial charge is 0.496 e. The minimum absolute atomic E-state index is 0.00246. The Kier molecular flexibility index (Phi) is 5.32. The third-order valence-electron chi connectivity index (χ3n) is 4.68. The third kappa shape index (κ3) is 3.59. The number of ether oxygens (including phenoxy) is 2. The molecule has 31 heavy (non-hydrogen) atoms. The molecule has 0 aliphatic carbocycles. The monoisotopic (exact) mass is 446 g/mol. The Morgan fingerprint density at radius 1 is 1.16 bits per heavy atom. The highest BCUT2D eigenvalue weighted by atomic mass is 35.5. The van der Waals surface area contributed by atoms with Crippen molar-refractivity contribution < 1.29 is 18.3 Å². The van der Waals surface area contributed by atoms with Crippen molar-refractivity contribution in [1.29, 1.82) is 0 Å². The van der Waals surface area contributed by atoms with Crippen LogP contribution in [-0.2, 0) is 7.05 Å². The van der Waals surface area contributed by atoms with E-state index >= 15 is 0 Å². The summed E-state index contributed by atoms with van der Waals surface area (Å²) in [5.74, 6) is -0.745. The zero-order valence-corrected chi connectivity index (χ0v) is 17.5. The predicted molar refractivity (Wildman–Crippen MR) is 111 cm³/mol. The molecule has 0 spiro atoms. The Bertz CT molecular complexity index is 1300. The van der Waals surface area contributed by atoms with Gasteiger partial charge in [-0.15, -0.1) is 0 Å². The van der Waals surface area contributed by atoms with Gasteiger partial charge in [0.2, 0.25) is 0 Å². The Morgan fingerprint density at radius 3 is 2.61 bits per heavy atom. The molecule has 2 heterocycles. The van der Waals surface area contributed by atoms with Crippen LogP contribution in [0, 0.1) is 11.6 Å². The molecule has 0 amide bonds. The number of methoxy groups -OCH3 is 1. The highest BCUT2D eigenvalue weighted by molar-refractivity contribution is 6.31. The van der Waals surface area contributed by atoms with E-state index in [2.05, 4.69) is 20.1 Å². The van der Waals surface area contributed by atoms with Crippen LogP contribution in [0.25, 0.3) is 22.0 Å². The zero-order valence-electron chi connectivity index (χ0n) is 16.7. The lowest BCUT2D eigenvalue weighted by Crippen LogP contribution is -2.08. The van der Waals surface area contributed by atoms with Crippen molar-refractivity contribution in [2.24, 2.45) is 7.05 Å². The van der Waals surface area contributed by atoms with Gasteiger partial charge in [0.15, 0.2) is 17.7 Å². The number of nitrogen functional groups attached to an aromatic ring is 1. The summed E-state index contributed by atoms with van der Waals surface area (Å²) in [4.78, 5) is 12.5. The summed E-state index contributed by atoms with van der Waals surface area (Å²) in [6, 6.07) is 3.86. The number of rotatable bonds is 5. The molecule has 8 nitrogen and oxygen atoms in total. The van der Waals surface area contributed by atoms with Crippen LogP contribution in [0.2, 0.25) is 5.02 Å². The fourth-order valence-corrected chi connectivity index (χ4v) is 3.40. The zero-order chi connectivity index (χ0) is 22.3. The summed E-state index contributed by atoms with van der Waals surface area (Å²) in [6.45, 7) is 1.76. The van der Waals surface area contributed by atoms with E-state index in [1.807, 2.05) is 0 Å². The van der Waals surface area contributed by atoms with Crippen molar-refractivity contribution in [3.05, 3.63) is 53.3 Å². The van der Waals surface area contributed by atoms with Gasteiger partial charge in [-0.25, -0.2) is 23.7 Å². The summed E-state index contributed by atoms with van der Waals surface area (Å²) in [5, 5.41) is 3.93. The third-order valence-corrected chi connectivity index (χ3v) is 5.02. The maximum absolute atomic E-state index is 14.9. The van der Waals surface area contributed by atoms with E-state index in [9.17, 15) is 8.78 Å². The Balaban J connectivity index is 1.95. The van der Waals surface area contributed by atoms with E-state index < -0.39 is 22.8 Å². The van der Waals surface area contributed by atoms with Crippen LogP contribution in [0.3, 0.4) is 0 Å². The number of nitrogens with zero attached hydrogens (tertiary/aromatic N) is 5. The number of benzene rings is 2. The van der Waals surface area contributed by atoms with Gasteiger partial charge in [-0.1, -0.05) is 11.6 Å². The Hall–Kier alpha value is -3.53. The van der Waals surface area contributed by atoms with Gasteiger partial charge in [0, 0.05) is 18.7 Å². The number of aryl methyl sites for hydroxylation is 1. The number of halogens is 3. The molecule has 160 valence electrons. The topological polar surface area (TPSA) is 101 Å². The second-order valence-corrected chi connectivity index (χ2v) is 7.07. The van der Waals surface area contributed by atoms with Crippen molar-refractivity contribution in [3.8, 4) is 22.6 Å². The Labute approximate surface area is 180 Å². The van der Waals surface area contributed by atoms with Gasteiger partial charge in [-0.05, 0) is 19.1 Å². The lowest BCUT2D eigenvalue weighted by atomic mass is 9.99. The average Bonchev–Trinajstić information content (AvgIpc) is 3.19. The highest BCUT2D eigenvalue weighted by Gasteiger charge is 2.25. The lowest BCUT2D eigenvalue weighted by Gasteiger charge is -2.19. The molecule has 0 bridgehead atoms. The average molecular weight is 447 g/mol. The fourth-order valence-electron chi connectivity index (χ4n) is 3.23. The molecule has 2 aromatic carbocycles. The van der Waals surface area contributed by atoms with Crippen LogP contribution in [-0.4, -0.2) is 31.8 Å². The van der Waals surface area contributed by atoms with Gasteiger partial charge in [-0.2, -0.15) is 5.10 Å². The summed E-state index contributed by atoms with van der Waals surface area (Å²) in [6.07, 6.45) is 2.24. The molecule has 0 aliphatic heterocycles. The van der Waals surface area contributed by atoms with E-state index in [0.717, 1.165) is 6.07 Å². The normalized spacial score (nSPS) is 12.2. The molecule has 4 rings (SSSR count). The maximum atomic E-state index is 14.9. The van der Waals surface area contributed by atoms with Crippen molar-refractivity contribution in [1.82, 2.24) is 24.7 Å². The number of anilines is 1. The highest BCUT2D eigenvalue weighted by Crippen LogP contribution is 2.45. The molecule has 2 N–H and O–H groups in total. The van der Waals surface area contributed by atoms with Crippen LogP contribution in [0.1, 0.15) is 18.9 Å². The second kappa shape index (κ2) is 7.95. The van der Waals surface area contributed by atoms with Crippen molar-refractivity contribution >= 4 is 28.3 Å². The summed E-state index contributed by atoms with van der Waals surface area (Å²) >= 11 is 5.79. The van der Waals surface area contributed by atoms with Gasteiger partial charge in [0.1, 0.15) is 40.8 Å². The van der Waals surface area contributed by atoms with Crippen molar-refractivity contribution in [3.63, 3.8) is 0 Å². The molecule has 0 unspecified atom stereocenters. The van der Waals surface area contributed by atoms with Crippen LogP contribution < -0.4 is 15.2 Å². The molecular weight excluding hydrogens is 430 g/mol. The summed E-state index contributed by atoms with van der Waals surface area (Å²) in [5.41, 5.74) is 6.61. The van der Waals surface area contributed by atoms with Gasteiger partial charge in [0.25, 0.3) is 0 Å². The molecule has 1 atom stereocenters. The minimum Gasteiger partial charge on any atom is -0.496 e. The van der Waals surface area contributed by atoms with E-state index in [1.165, 1.54) is 25.6 Å². The first-order chi connectivity index (χ1) is 14.8. The van der Waals surface area contributed by atoms with Crippen LogP contribution in [0.4, 0.5) is 14.6 Å². The molecule has 11 heteroatoms. The van der Waals surface area contributed by atoms with E-state index in [1.54, 1.807) is 25.0 Å². The van der Waals surface area contributed by atoms with E-state index in [4.69, 9.17) is 26.8 Å². The van der Waals surface area contributed by atoms with E-state index in [0.29, 0.717) is 17.0 Å². The van der Waals surface area contributed by atoms with Gasteiger partial charge in [0.05, 0.1) is 23.6 Å². The predicted octanol–water partition coefficient (Wildman–Crippen LogP) is 4.09. The molecule has 0 aliphatic rings. The van der Waals surface area contributed by atoms with Gasteiger partial charge < -0.3 is 15.2 Å². The molecule has 0 saturated carbocycles. The van der Waals surface area contributed by atoms with Gasteiger partial charge in [-0.3, -0.25) is 4.68 Å². The summed E-state index contributed by atoms with van der Waals surface area (Å²) in [7, 11) is 3.15. The molecule has 0 fully saturated rings. The molecule has 4 aromatic rings. The number of hydrogen-bond donors (Lipinski definition) is 1. The quantitative estimate of drug-likeness (QED) is 0.461. The first-order valence-electron chi connectivity index (χ1n) is 9.09. The van der Waals surface area contributed by atoms with Crippen LogP contribution in [0.15, 0.2) is 30.9 Å². The first kappa shape index (κ1) is 20.7. The number of hydrogen-bond acceptors (Lipinski definition) is 7. The second-order valence-electron chi connectivity index (χ2n) is 6.69.